The van der Waals surface area contributed by atoms with Gasteiger partial charge in [0.1, 0.15) is 11.3 Å². The van der Waals surface area contributed by atoms with E-state index in [2.05, 4.69) is 39.2 Å². The lowest BCUT2D eigenvalue weighted by molar-refractivity contribution is 0.102. The number of likely N-dealkylation sites (tertiary alicyclic amines) is 1. The lowest BCUT2D eigenvalue weighted by Gasteiger charge is -2.37. The summed E-state index contributed by atoms with van der Waals surface area (Å²) >= 11 is 2.07. The van der Waals surface area contributed by atoms with Crippen molar-refractivity contribution in [1.82, 2.24) is 19.4 Å². The van der Waals surface area contributed by atoms with Crippen molar-refractivity contribution in [1.29, 1.82) is 0 Å². The molecule has 0 bridgehead atoms. The van der Waals surface area contributed by atoms with Gasteiger partial charge in [0.15, 0.2) is 5.65 Å². The number of aromatic nitrogens is 3. The first-order valence-electron chi connectivity index (χ1n) is 8.57. The van der Waals surface area contributed by atoms with Crippen LogP contribution in [0.2, 0.25) is 0 Å². The molecule has 118 valence electrons. The molecule has 2 aliphatic heterocycles. The molecule has 2 aliphatic rings. The molecule has 2 atom stereocenters. The molecule has 2 fully saturated rings. The first-order valence-corrected chi connectivity index (χ1v) is 9.62. The molecule has 0 radical (unpaired) electrons. The van der Waals surface area contributed by atoms with Crippen LogP contribution in [0, 0.1) is 0 Å². The lowest BCUT2D eigenvalue weighted by Crippen LogP contribution is -2.37. The molecular formula is C17H24N4S. The number of fused-ring (bicyclic) bond motifs is 1. The maximum absolute atomic E-state index is 4.99. The SMILES string of the molecule is CCN1CCCCC1n1c(C2CCCS2)nc2cccnc21. The number of pyridine rings is 1. The standard InChI is InChI=1S/C17H24N4S/c1-2-20-11-4-3-9-15(20)21-16-13(7-5-10-18-16)19-17(21)14-8-6-12-22-14/h5,7,10,14-15H,2-4,6,8-9,11-12H2,1H3. The van der Waals surface area contributed by atoms with E-state index in [1.807, 2.05) is 12.3 Å². The van der Waals surface area contributed by atoms with E-state index in [1.54, 1.807) is 0 Å². The summed E-state index contributed by atoms with van der Waals surface area (Å²) in [5, 5.41) is 0.551. The van der Waals surface area contributed by atoms with Crippen molar-refractivity contribution in [2.45, 2.75) is 50.4 Å². The highest BCUT2D eigenvalue weighted by molar-refractivity contribution is 7.99. The van der Waals surface area contributed by atoms with Crippen molar-refractivity contribution in [2.75, 3.05) is 18.8 Å². The van der Waals surface area contributed by atoms with Crippen molar-refractivity contribution in [3.05, 3.63) is 24.2 Å². The molecule has 2 aromatic heterocycles. The summed E-state index contributed by atoms with van der Waals surface area (Å²) in [6.07, 6.45) is 8.77. The van der Waals surface area contributed by atoms with Crippen LogP contribution in [-0.4, -0.2) is 38.3 Å². The average molecular weight is 316 g/mol. The highest BCUT2D eigenvalue weighted by Crippen LogP contribution is 2.42. The van der Waals surface area contributed by atoms with Crippen LogP contribution in [0.15, 0.2) is 18.3 Å². The van der Waals surface area contributed by atoms with Gasteiger partial charge in [0, 0.05) is 12.7 Å². The zero-order valence-electron chi connectivity index (χ0n) is 13.2. The summed E-state index contributed by atoms with van der Waals surface area (Å²) < 4.78 is 2.47. The smallest absolute Gasteiger partial charge is 0.161 e. The Balaban J connectivity index is 1.84. The molecule has 0 saturated carbocycles. The normalized spacial score (nSPS) is 26.8. The Hall–Kier alpha value is -1.07. The van der Waals surface area contributed by atoms with Crippen molar-refractivity contribution in [3.63, 3.8) is 0 Å². The van der Waals surface area contributed by atoms with Crippen LogP contribution in [0.5, 0.6) is 0 Å². The molecule has 0 N–H and O–H groups in total. The number of nitrogens with zero attached hydrogens (tertiary/aromatic N) is 4. The second kappa shape index (κ2) is 6.20. The molecule has 0 aliphatic carbocycles. The summed E-state index contributed by atoms with van der Waals surface area (Å²) in [7, 11) is 0. The number of hydrogen-bond acceptors (Lipinski definition) is 4. The summed E-state index contributed by atoms with van der Waals surface area (Å²) in [4.78, 5) is 12.3. The van der Waals surface area contributed by atoms with Gasteiger partial charge in [-0.2, -0.15) is 11.8 Å². The zero-order chi connectivity index (χ0) is 14.9. The maximum Gasteiger partial charge on any atom is 0.161 e. The molecule has 22 heavy (non-hydrogen) atoms. The Morgan fingerprint density at radius 1 is 1.27 bits per heavy atom. The minimum absolute atomic E-state index is 0.440. The average Bonchev–Trinajstić information content (AvgIpc) is 3.22. The molecule has 0 spiro atoms. The largest absolute Gasteiger partial charge is 0.295 e. The number of piperidine rings is 1. The molecule has 2 unspecified atom stereocenters. The molecule has 2 saturated heterocycles. The minimum Gasteiger partial charge on any atom is -0.295 e. The van der Waals surface area contributed by atoms with Crippen LogP contribution in [0.25, 0.3) is 11.2 Å². The van der Waals surface area contributed by atoms with Crippen molar-refractivity contribution < 1.29 is 0 Å². The van der Waals surface area contributed by atoms with Crippen molar-refractivity contribution >= 4 is 22.9 Å². The van der Waals surface area contributed by atoms with E-state index in [1.165, 1.54) is 50.2 Å². The quantitative estimate of drug-likeness (QED) is 0.857. The monoisotopic (exact) mass is 316 g/mol. The van der Waals surface area contributed by atoms with Crippen molar-refractivity contribution in [2.24, 2.45) is 0 Å². The number of hydrogen-bond donors (Lipinski definition) is 0. The zero-order valence-corrected chi connectivity index (χ0v) is 14.1. The van der Waals surface area contributed by atoms with Gasteiger partial charge in [-0.25, -0.2) is 9.97 Å². The van der Waals surface area contributed by atoms with E-state index < -0.39 is 0 Å². The Labute approximate surface area is 136 Å². The number of thioether (sulfide) groups is 1. The van der Waals surface area contributed by atoms with E-state index in [4.69, 9.17) is 4.98 Å². The van der Waals surface area contributed by atoms with Crippen LogP contribution in [0.4, 0.5) is 0 Å². The third-order valence-electron chi connectivity index (χ3n) is 4.98. The van der Waals surface area contributed by atoms with E-state index >= 15 is 0 Å². The van der Waals surface area contributed by atoms with E-state index in [0.717, 1.165) is 17.7 Å². The van der Waals surface area contributed by atoms with Crippen LogP contribution < -0.4 is 0 Å². The Morgan fingerprint density at radius 2 is 2.23 bits per heavy atom. The molecule has 4 nitrogen and oxygen atoms in total. The fourth-order valence-corrected chi connectivity index (χ4v) is 5.15. The molecular weight excluding hydrogens is 292 g/mol. The van der Waals surface area contributed by atoms with Gasteiger partial charge in [-0.05, 0) is 56.5 Å². The molecule has 5 heteroatoms. The highest BCUT2D eigenvalue weighted by atomic mass is 32.2. The summed E-state index contributed by atoms with van der Waals surface area (Å²) in [6, 6.07) is 4.12. The molecule has 0 aromatic carbocycles. The Morgan fingerprint density at radius 3 is 3.05 bits per heavy atom. The molecule has 4 rings (SSSR count). The first kappa shape index (κ1) is 14.5. The summed E-state index contributed by atoms with van der Waals surface area (Å²) in [5.74, 6) is 2.53. The minimum atomic E-state index is 0.440. The summed E-state index contributed by atoms with van der Waals surface area (Å²) in [5.41, 5.74) is 2.14. The van der Waals surface area contributed by atoms with Gasteiger partial charge in [-0.15, -0.1) is 0 Å². The van der Waals surface area contributed by atoms with Gasteiger partial charge >= 0.3 is 0 Å². The maximum atomic E-state index is 4.99. The second-order valence-electron chi connectivity index (χ2n) is 6.29. The van der Waals surface area contributed by atoms with Crippen LogP contribution in [-0.2, 0) is 0 Å². The second-order valence-corrected chi connectivity index (χ2v) is 7.60. The van der Waals surface area contributed by atoms with Crippen molar-refractivity contribution in [3.8, 4) is 0 Å². The Bertz CT molecular complexity index is 647. The van der Waals surface area contributed by atoms with Gasteiger partial charge < -0.3 is 0 Å². The number of rotatable bonds is 3. The summed E-state index contributed by atoms with van der Waals surface area (Å²) in [6.45, 7) is 4.58. The third-order valence-corrected chi connectivity index (χ3v) is 6.35. The lowest BCUT2D eigenvalue weighted by atomic mass is 10.1. The Kier molecular flexibility index (Phi) is 4.09. The fraction of sp³-hybridized carbons (Fsp3) is 0.647. The highest BCUT2D eigenvalue weighted by Gasteiger charge is 2.31. The number of imidazole rings is 1. The van der Waals surface area contributed by atoms with Gasteiger partial charge in [-0.3, -0.25) is 9.47 Å². The van der Waals surface area contributed by atoms with E-state index in [0.29, 0.717) is 11.4 Å². The molecule has 4 heterocycles. The van der Waals surface area contributed by atoms with Crippen LogP contribution >= 0.6 is 11.8 Å². The first-order chi connectivity index (χ1) is 10.9. The van der Waals surface area contributed by atoms with Gasteiger partial charge in [0.05, 0.1) is 11.4 Å². The van der Waals surface area contributed by atoms with Crippen LogP contribution in [0.3, 0.4) is 0 Å². The van der Waals surface area contributed by atoms with E-state index in [9.17, 15) is 0 Å². The third kappa shape index (κ3) is 2.44. The molecule has 0 amide bonds. The topological polar surface area (TPSA) is 34.0 Å². The van der Waals surface area contributed by atoms with Gasteiger partial charge in [-0.1, -0.05) is 6.92 Å². The van der Waals surface area contributed by atoms with E-state index in [-0.39, 0.29) is 0 Å². The predicted octanol–water partition coefficient (Wildman–Crippen LogP) is 4.00. The van der Waals surface area contributed by atoms with Crippen LogP contribution in [0.1, 0.15) is 56.3 Å². The van der Waals surface area contributed by atoms with Gasteiger partial charge in [0.25, 0.3) is 0 Å². The molecule has 2 aromatic rings. The van der Waals surface area contributed by atoms with Gasteiger partial charge in [0.2, 0.25) is 0 Å². The predicted molar refractivity (Wildman–Crippen MR) is 92.1 cm³/mol. The fourth-order valence-electron chi connectivity index (χ4n) is 3.88.